The van der Waals surface area contributed by atoms with Gasteiger partial charge in [-0.3, -0.25) is 14.5 Å². The zero-order valence-electron chi connectivity index (χ0n) is 17.8. The van der Waals surface area contributed by atoms with Crippen LogP contribution in [0.3, 0.4) is 0 Å². The molecule has 2 heterocycles. The first-order valence-electron chi connectivity index (χ1n) is 10.8. The van der Waals surface area contributed by atoms with Gasteiger partial charge in [0.25, 0.3) is 11.8 Å². The minimum Gasteiger partial charge on any atom is -0.336 e. The lowest BCUT2D eigenvalue weighted by molar-refractivity contribution is -0.136. The summed E-state index contributed by atoms with van der Waals surface area (Å²) < 4.78 is 0. The maximum Gasteiger partial charge on any atom is 0.278 e. The van der Waals surface area contributed by atoms with E-state index in [9.17, 15) is 9.59 Å². The highest BCUT2D eigenvalue weighted by Crippen LogP contribution is 2.38. The van der Waals surface area contributed by atoms with Crippen molar-refractivity contribution in [2.75, 3.05) is 18.0 Å². The van der Waals surface area contributed by atoms with Crippen LogP contribution in [-0.2, 0) is 22.4 Å². The molecule has 0 radical (unpaired) electrons. The van der Waals surface area contributed by atoms with E-state index >= 15 is 0 Å². The summed E-state index contributed by atoms with van der Waals surface area (Å²) in [5, 5.41) is 0.667. The second-order valence-electron chi connectivity index (χ2n) is 8.26. The molecular weight excluding hydrogens is 420 g/mol. The third kappa shape index (κ3) is 3.61. The van der Waals surface area contributed by atoms with Crippen LogP contribution in [0.15, 0.2) is 78.5 Å². The molecule has 3 aromatic rings. The van der Waals surface area contributed by atoms with Gasteiger partial charge in [-0.2, -0.15) is 0 Å². The number of aryl methyl sites for hydroxylation is 1. The summed E-state index contributed by atoms with van der Waals surface area (Å²) in [6, 6.07) is 23.4. The van der Waals surface area contributed by atoms with Gasteiger partial charge >= 0.3 is 0 Å². The maximum absolute atomic E-state index is 13.6. The van der Waals surface area contributed by atoms with E-state index in [0.717, 1.165) is 28.8 Å². The van der Waals surface area contributed by atoms with Crippen molar-refractivity contribution in [2.24, 2.45) is 0 Å². The van der Waals surface area contributed by atoms with Crippen LogP contribution in [-0.4, -0.2) is 29.8 Å². The first-order valence-corrected chi connectivity index (χ1v) is 11.2. The van der Waals surface area contributed by atoms with Crippen molar-refractivity contribution < 1.29 is 9.59 Å². The van der Waals surface area contributed by atoms with Crippen LogP contribution in [0.25, 0.3) is 5.57 Å². The minimum absolute atomic E-state index is 0.226. The van der Waals surface area contributed by atoms with Gasteiger partial charge in [0.2, 0.25) is 0 Å². The molecule has 3 aromatic carbocycles. The number of carbonyl (C=O) groups excluding carboxylic acids is 2. The van der Waals surface area contributed by atoms with E-state index in [4.69, 9.17) is 11.6 Å². The Hall–Kier alpha value is -3.37. The Balaban J connectivity index is 1.52. The highest BCUT2D eigenvalue weighted by atomic mass is 35.5. The van der Waals surface area contributed by atoms with Crippen molar-refractivity contribution in [3.05, 3.63) is 106 Å². The van der Waals surface area contributed by atoms with Crippen LogP contribution in [0.5, 0.6) is 0 Å². The largest absolute Gasteiger partial charge is 0.336 e. The Labute approximate surface area is 192 Å². The highest BCUT2D eigenvalue weighted by Gasteiger charge is 2.42. The summed E-state index contributed by atoms with van der Waals surface area (Å²) in [5.41, 5.74) is 6.10. The number of nitrogens with zero attached hydrogens (tertiary/aromatic N) is 2. The lowest BCUT2D eigenvalue weighted by Crippen LogP contribution is -2.36. The predicted molar refractivity (Wildman–Crippen MR) is 127 cm³/mol. The fourth-order valence-corrected chi connectivity index (χ4v) is 4.59. The molecule has 0 N–H and O–H groups in total. The third-order valence-electron chi connectivity index (χ3n) is 6.18. The van der Waals surface area contributed by atoms with Gasteiger partial charge in [0.1, 0.15) is 5.70 Å². The molecule has 0 aliphatic carbocycles. The molecule has 0 atom stereocenters. The van der Waals surface area contributed by atoms with Crippen molar-refractivity contribution in [3.63, 3.8) is 0 Å². The Kier molecular flexibility index (Phi) is 5.32. The van der Waals surface area contributed by atoms with E-state index in [1.807, 2.05) is 78.6 Å². The number of carbonyl (C=O) groups is 2. The van der Waals surface area contributed by atoms with Crippen molar-refractivity contribution in [1.82, 2.24) is 4.90 Å². The molecule has 2 aliphatic heterocycles. The molecular formula is C27H23ClN2O2. The standard InChI is InChI=1S/C27H23ClN2O2/c1-18-6-10-21(11-7-18)24-25(29-17-15-20-4-2-3-5-23(20)29)27(32)30(26(24)31)16-14-19-8-12-22(28)13-9-19/h2-13H,14-17H2,1H3. The molecule has 160 valence electrons. The van der Waals surface area contributed by atoms with Crippen molar-refractivity contribution in [1.29, 1.82) is 0 Å². The van der Waals surface area contributed by atoms with Gasteiger partial charge in [-0.05, 0) is 54.7 Å². The summed E-state index contributed by atoms with van der Waals surface area (Å²) in [7, 11) is 0. The number of anilines is 1. The molecule has 0 fully saturated rings. The summed E-state index contributed by atoms with van der Waals surface area (Å²) in [6.45, 7) is 3.03. The molecule has 0 saturated carbocycles. The van der Waals surface area contributed by atoms with Gasteiger partial charge < -0.3 is 4.90 Å². The fraction of sp³-hybridized carbons (Fsp3) is 0.185. The third-order valence-corrected chi connectivity index (χ3v) is 6.43. The maximum atomic E-state index is 13.6. The topological polar surface area (TPSA) is 40.6 Å². The lowest BCUT2D eigenvalue weighted by Gasteiger charge is -2.22. The number of fused-ring (bicyclic) bond motifs is 1. The van der Waals surface area contributed by atoms with Gasteiger partial charge in [0.05, 0.1) is 5.57 Å². The zero-order valence-corrected chi connectivity index (χ0v) is 18.6. The number of hydrogen-bond acceptors (Lipinski definition) is 3. The van der Waals surface area contributed by atoms with E-state index in [0.29, 0.717) is 35.8 Å². The van der Waals surface area contributed by atoms with Gasteiger partial charge in [0, 0.05) is 23.8 Å². The van der Waals surface area contributed by atoms with Gasteiger partial charge in [-0.15, -0.1) is 0 Å². The number of rotatable bonds is 5. The minimum atomic E-state index is -0.229. The molecule has 2 aliphatic rings. The number of amides is 2. The molecule has 4 nitrogen and oxygen atoms in total. The second kappa shape index (κ2) is 8.29. The Bertz CT molecular complexity index is 1230. The van der Waals surface area contributed by atoms with E-state index in [2.05, 4.69) is 6.07 Å². The van der Waals surface area contributed by atoms with E-state index in [1.165, 1.54) is 10.5 Å². The molecule has 5 rings (SSSR count). The number of para-hydroxylation sites is 1. The predicted octanol–water partition coefficient (Wildman–Crippen LogP) is 5.03. The monoisotopic (exact) mass is 442 g/mol. The number of hydrogen-bond donors (Lipinski definition) is 0. The van der Waals surface area contributed by atoms with Crippen LogP contribution in [0, 0.1) is 6.92 Å². The molecule has 0 saturated heterocycles. The molecule has 0 bridgehead atoms. The van der Waals surface area contributed by atoms with Crippen LogP contribution in [0.2, 0.25) is 5.02 Å². The van der Waals surface area contributed by atoms with Crippen molar-refractivity contribution in [3.8, 4) is 0 Å². The molecule has 0 spiro atoms. The van der Waals surface area contributed by atoms with Crippen LogP contribution in [0.4, 0.5) is 5.69 Å². The van der Waals surface area contributed by atoms with E-state index in [-0.39, 0.29) is 11.8 Å². The number of imide groups is 1. The first-order chi connectivity index (χ1) is 15.5. The summed E-state index contributed by atoms with van der Waals surface area (Å²) in [4.78, 5) is 30.6. The van der Waals surface area contributed by atoms with Crippen molar-refractivity contribution in [2.45, 2.75) is 19.8 Å². The molecule has 5 heteroatoms. The van der Waals surface area contributed by atoms with E-state index in [1.54, 1.807) is 0 Å². The summed E-state index contributed by atoms with van der Waals surface area (Å²) in [6.07, 6.45) is 1.44. The Morgan fingerprint density at radius 2 is 1.59 bits per heavy atom. The van der Waals surface area contributed by atoms with Gasteiger partial charge in [0.15, 0.2) is 0 Å². The fourth-order valence-electron chi connectivity index (χ4n) is 4.46. The quantitative estimate of drug-likeness (QED) is 0.520. The number of halogens is 1. The average Bonchev–Trinajstić information content (AvgIpc) is 3.32. The average molecular weight is 443 g/mol. The molecule has 32 heavy (non-hydrogen) atoms. The highest BCUT2D eigenvalue weighted by molar-refractivity contribution is 6.36. The van der Waals surface area contributed by atoms with Gasteiger partial charge in [-0.1, -0.05) is 71.8 Å². The number of benzene rings is 3. The smallest absolute Gasteiger partial charge is 0.278 e. The van der Waals surface area contributed by atoms with E-state index < -0.39 is 0 Å². The molecule has 0 unspecified atom stereocenters. The Morgan fingerprint density at radius 3 is 2.34 bits per heavy atom. The van der Waals surface area contributed by atoms with Crippen molar-refractivity contribution >= 4 is 34.7 Å². The van der Waals surface area contributed by atoms with Crippen LogP contribution < -0.4 is 4.90 Å². The van der Waals surface area contributed by atoms with Crippen LogP contribution in [0.1, 0.15) is 22.3 Å². The second-order valence-corrected chi connectivity index (χ2v) is 8.69. The summed E-state index contributed by atoms with van der Waals surface area (Å²) >= 11 is 5.99. The molecule has 2 amide bonds. The lowest BCUT2D eigenvalue weighted by atomic mass is 10.0. The SMILES string of the molecule is Cc1ccc(C2=C(N3CCc4ccccc43)C(=O)N(CCc3ccc(Cl)cc3)C2=O)cc1. The normalized spacial score (nSPS) is 15.7. The molecule has 0 aromatic heterocycles. The summed E-state index contributed by atoms with van der Waals surface area (Å²) in [5.74, 6) is -0.455. The zero-order chi connectivity index (χ0) is 22.2. The first kappa shape index (κ1) is 20.5. The Morgan fingerprint density at radius 1 is 0.875 bits per heavy atom. The van der Waals surface area contributed by atoms with Crippen LogP contribution >= 0.6 is 11.6 Å². The van der Waals surface area contributed by atoms with Gasteiger partial charge in [-0.25, -0.2) is 0 Å².